The molecule has 0 spiro atoms. The van der Waals surface area contributed by atoms with Crippen LogP contribution in [0, 0.1) is 0 Å². The largest absolute Gasteiger partial charge is 0.481 e. The molecule has 2 aliphatic heterocycles. The molecule has 2 N–H and O–H groups in total. The maximum absolute atomic E-state index is 13.1. The Morgan fingerprint density at radius 3 is 2.11 bits per heavy atom. The topological polar surface area (TPSA) is 121 Å². The second kappa shape index (κ2) is 15.0. The lowest BCUT2D eigenvalue weighted by Crippen LogP contribution is -2.52. The molecule has 2 heterocycles. The number of imide groups is 1. The Morgan fingerprint density at radius 2 is 1.51 bits per heavy atom. The van der Waals surface area contributed by atoms with Crippen molar-refractivity contribution < 1.29 is 28.5 Å². The van der Waals surface area contributed by atoms with E-state index < -0.39 is 28.7 Å². The number of amides is 3. The number of hydrogen-bond acceptors (Lipinski definition) is 5. The highest BCUT2D eigenvalue weighted by atomic mass is 32.2. The monoisotopic (exact) mass is 532 g/mol. The molecule has 2 atom stereocenters. The van der Waals surface area contributed by atoms with Gasteiger partial charge in [-0.15, -0.1) is 0 Å². The van der Waals surface area contributed by atoms with Crippen LogP contribution in [0.5, 0.6) is 0 Å². The van der Waals surface area contributed by atoms with Crippen molar-refractivity contribution in [2.45, 2.75) is 114 Å². The smallest absolute Gasteiger partial charge is 0.303 e. The molecule has 9 heteroatoms. The first-order valence-electron chi connectivity index (χ1n) is 13.7. The van der Waals surface area contributed by atoms with Crippen molar-refractivity contribution in [1.82, 2.24) is 10.2 Å². The van der Waals surface area contributed by atoms with Crippen LogP contribution in [0.1, 0.15) is 112 Å². The Morgan fingerprint density at radius 1 is 0.919 bits per heavy atom. The van der Waals surface area contributed by atoms with Gasteiger partial charge in [0.15, 0.2) is 0 Å². The Balaban J connectivity index is 1.30. The lowest BCUT2D eigenvalue weighted by Gasteiger charge is -2.29. The molecule has 0 saturated carbocycles. The van der Waals surface area contributed by atoms with Crippen molar-refractivity contribution in [3.63, 3.8) is 0 Å². The van der Waals surface area contributed by atoms with E-state index in [0.717, 1.165) is 44.1 Å². The minimum Gasteiger partial charge on any atom is -0.481 e. The number of carbonyl (C=O) groups is 4. The third-order valence-corrected chi connectivity index (χ3v) is 8.79. The first-order chi connectivity index (χ1) is 17.9. The molecule has 8 nitrogen and oxygen atoms in total. The summed E-state index contributed by atoms with van der Waals surface area (Å²) >= 11 is 0. The van der Waals surface area contributed by atoms with Gasteiger partial charge in [-0.2, -0.15) is 0 Å². The Labute approximate surface area is 222 Å². The summed E-state index contributed by atoms with van der Waals surface area (Å²) in [7, 11) is -1.20. The van der Waals surface area contributed by atoms with E-state index in [-0.39, 0.29) is 31.2 Å². The number of aliphatic carboxylic acids is 1. The van der Waals surface area contributed by atoms with Gasteiger partial charge in [0.05, 0.1) is 10.8 Å². The molecule has 204 valence electrons. The highest BCUT2D eigenvalue weighted by Crippen LogP contribution is 2.31. The van der Waals surface area contributed by atoms with Crippen LogP contribution < -0.4 is 5.32 Å². The number of carboxylic acid groups (broad SMARTS) is 1. The summed E-state index contributed by atoms with van der Waals surface area (Å²) in [6.07, 6.45) is 14.0. The highest BCUT2D eigenvalue weighted by Gasteiger charge is 2.40. The Kier molecular flexibility index (Phi) is 11.8. The fourth-order valence-corrected chi connectivity index (χ4v) is 6.52. The van der Waals surface area contributed by atoms with Gasteiger partial charge in [-0.3, -0.25) is 28.7 Å². The molecule has 3 amide bonds. The molecule has 0 bridgehead atoms. The molecule has 1 aromatic rings. The van der Waals surface area contributed by atoms with E-state index in [9.17, 15) is 23.4 Å². The summed E-state index contributed by atoms with van der Waals surface area (Å²) < 4.78 is 13.1. The summed E-state index contributed by atoms with van der Waals surface area (Å²) in [6.45, 7) is 0.255. The van der Waals surface area contributed by atoms with Crippen LogP contribution in [0.25, 0.3) is 0 Å². The quantitative estimate of drug-likeness (QED) is 0.221. The number of fused-ring (bicyclic) bond motifs is 1. The van der Waals surface area contributed by atoms with E-state index in [2.05, 4.69) is 5.32 Å². The maximum atomic E-state index is 13.1. The van der Waals surface area contributed by atoms with E-state index in [0.29, 0.717) is 22.6 Å². The Bertz CT molecular complexity index is 995. The van der Waals surface area contributed by atoms with Crippen molar-refractivity contribution in [3.05, 3.63) is 29.3 Å². The molecule has 0 radical (unpaired) electrons. The van der Waals surface area contributed by atoms with Gasteiger partial charge in [0, 0.05) is 41.2 Å². The Hall–Kier alpha value is -2.55. The SMILES string of the molecule is O=C(O)CCCCCCCCCCCCCCS(=O)c1cccc2c1CN(C1CCC(=O)NC1=O)C2=O. The number of piperidine rings is 1. The summed E-state index contributed by atoms with van der Waals surface area (Å²) in [6, 6.07) is 4.64. The number of benzene rings is 1. The van der Waals surface area contributed by atoms with Gasteiger partial charge < -0.3 is 10.0 Å². The molecule has 1 saturated heterocycles. The number of carbonyl (C=O) groups excluding carboxylic acids is 3. The molecular weight excluding hydrogens is 492 g/mol. The second-order valence-corrected chi connectivity index (χ2v) is 11.7. The van der Waals surface area contributed by atoms with Crippen LogP contribution in [0.4, 0.5) is 0 Å². The predicted octanol–water partition coefficient (Wildman–Crippen LogP) is 4.71. The summed E-state index contributed by atoms with van der Waals surface area (Å²) in [4.78, 5) is 49.4. The maximum Gasteiger partial charge on any atom is 0.303 e. The highest BCUT2D eigenvalue weighted by molar-refractivity contribution is 7.85. The first kappa shape index (κ1) is 29.0. The van der Waals surface area contributed by atoms with E-state index >= 15 is 0 Å². The van der Waals surface area contributed by atoms with Gasteiger partial charge in [0.1, 0.15) is 6.04 Å². The lowest BCUT2D eigenvalue weighted by atomic mass is 10.0. The molecule has 37 heavy (non-hydrogen) atoms. The van der Waals surface area contributed by atoms with Crippen LogP contribution in [-0.4, -0.2) is 49.7 Å². The molecule has 0 aliphatic carbocycles. The van der Waals surface area contributed by atoms with Crippen molar-refractivity contribution in [2.24, 2.45) is 0 Å². The van der Waals surface area contributed by atoms with E-state index in [4.69, 9.17) is 5.11 Å². The molecule has 2 aliphatic rings. The van der Waals surface area contributed by atoms with Crippen LogP contribution in [0.2, 0.25) is 0 Å². The molecule has 0 aromatic heterocycles. The first-order valence-corrected chi connectivity index (χ1v) is 15.1. The third kappa shape index (κ3) is 8.76. The summed E-state index contributed by atoms with van der Waals surface area (Å²) in [5.41, 5.74) is 1.26. The van der Waals surface area contributed by atoms with Crippen molar-refractivity contribution in [2.75, 3.05) is 5.75 Å². The fourth-order valence-electron chi connectivity index (χ4n) is 5.16. The van der Waals surface area contributed by atoms with Crippen LogP contribution >= 0.6 is 0 Å². The van der Waals surface area contributed by atoms with Crippen molar-refractivity contribution >= 4 is 34.5 Å². The zero-order valence-electron chi connectivity index (χ0n) is 21.7. The van der Waals surface area contributed by atoms with Crippen molar-refractivity contribution in [1.29, 1.82) is 0 Å². The average molecular weight is 533 g/mol. The van der Waals surface area contributed by atoms with Gasteiger partial charge in [-0.1, -0.05) is 70.3 Å². The van der Waals surface area contributed by atoms with Crippen molar-refractivity contribution in [3.8, 4) is 0 Å². The molecule has 2 unspecified atom stereocenters. The normalized spacial score (nSPS) is 18.1. The van der Waals surface area contributed by atoms with Gasteiger partial charge in [-0.05, 0) is 31.4 Å². The zero-order valence-corrected chi connectivity index (χ0v) is 22.5. The number of nitrogens with zero attached hydrogens (tertiary/aromatic N) is 1. The average Bonchev–Trinajstić information content (AvgIpc) is 3.20. The number of rotatable bonds is 17. The van der Waals surface area contributed by atoms with E-state index in [1.54, 1.807) is 12.1 Å². The molecule has 1 fully saturated rings. The van der Waals surface area contributed by atoms with Crippen LogP contribution in [0.15, 0.2) is 23.1 Å². The number of nitrogens with one attached hydrogen (secondary N) is 1. The fraction of sp³-hybridized carbons (Fsp3) is 0.643. The van der Waals surface area contributed by atoms with E-state index in [1.165, 1.54) is 43.4 Å². The number of carboxylic acids is 1. The minimum atomic E-state index is -1.20. The van der Waals surface area contributed by atoms with Gasteiger partial charge >= 0.3 is 5.97 Å². The third-order valence-electron chi connectivity index (χ3n) is 7.25. The van der Waals surface area contributed by atoms with Crippen LogP contribution in [0.3, 0.4) is 0 Å². The zero-order chi connectivity index (χ0) is 26.6. The molecular formula is C28H40N2O6S. The summed E-state index contributed by atoms with van der Waals surface area (Å²) in [5.74, 6) is -1.13. The molecule has 3 rings (SSSR count). The predicted molar refractivity (Wildman–Crippen MR) is 141 cm³/mol. The van der Waals surface area contributed by atoms with E-state index in [1.807, 2.05) is 6.07 Å². The van der Waals surface area contributed by atoms with Crippen LogP contribution in [-0.2, 0) is 31.7 Å². The lowest BCUT2D eigenvalue weighted by molar-refractivity contribution is -0.138. The summed E-state index contributed by atoms with van der Waals surface area (Å²) in [5, 5.41) is 10.9. The van der Waals surface area contributed by atoms with Gasteiger partial charge in [-0.25, -0.2) is 0 Å². The van der Waals surface area contributed by atoms with Gasteiger partial charge in [0.2, 0.25) is 11.8 Å². The minimum absolute atomic E-state index is 0.214. The number of unbranched alkanes of at least 4 members (excludes halogenated alkanes) is 11. The second-order valence-electron chi connectivity index (χ2n) is 10.1. The standard InChI is InChI=1S/C28H40N2O6S/c31-25-18-17-23(27(34)29-25)30-20-22-21(28(30)35)14-13-15-24(22)37(36)19-12-10-8-6-4-2-1-3-5-7-9-11-16-26(32)33/h13-15,23H,1-12,16-20H2,(H,32,33)(H,29,31,34). The number of hydrogen-bond donors (Lipinski definition) is 2. The molecule has 1 aromatic carbocycles. The van der Waals surface area contributed by atoms with Gasteiger partial charge in [0.25, 0.3) is 5.91 Å².